The van der Waals surface area contributed by atoms with Crippen LogP contribution in [0.25, 0.3) is 0 Å². The molecular formula is C27H31F19O10. The number of hydrogen-bond donors (Lipinski definition) is 1. The zero-order valence-electron chi connectivity index (χ0n) is 28.3. The number of aliphatic hydroxyl groups excluding tert-OH is 1. The van der Waals surface area contributed by atoms with Crippen molar-refractivity contribution in [3.05, 3.63) is 0 Å². The molecule has 0 heterocycles. The molecule has 10 nitrogen and oxygen atoms in total. The number of hydrogen-bond acceptors (Lipinski definition) is 10. The highest BCUT2D eigenvalue weighted by molar-refractivity contribution is 5.87. The number of ether oxygens (including phenoxy) is 6. The highest BCUT2D eigenvalue weighted by atomic mass is 19.4. The van der Waals surface area contributed by atoms with Crippen molar-refractivity contribution in [1.82, 2.24) is 0 Å². The molecule has 0 aliphatic rings. The summed E-state index contributed by atoms with van der Waals surface area (Å²) in [6, 6.07) is 0. The summed E-state index contributed by atoms with van der Waals surface area (Å²) in [7, 11) is 0. The number of esters is 3. The molecule has 0 fully saturated rings. The van der Waals surface area contributed by atoms with Crippen LogP contribution in [-0.4, -0.2) is 135 Å². The van der Waals surface area contributed by atoms with Gasteiger partial charge in [0.25, 0.3) is 5.92 Å². The van der Waals surface area contributed by atoms with Crippen LogP contribution in [0.3, 0.4) is 0 Å². The van der Waals surface area contributed by atoms with Gasteiger partial charge in [-0.15, -0.1) is 0 Å². The van der Waals surface area contributed by atoms with Gasteiger partial charge in [-0.1, -0.05) is 0 Å². The predicted octanol–water partition coefficient (Wildman–Crippen LogP) is 6.45. The van der Waals surface area contributed by atoms with E-state index in [1.807, 2.05) is 0 Å². The van der Waals surface area contributed by atoms with E-state index >= 15 is 0 Å². The van der Waals surface area contributed by atoms with E-state index in [2.05, 4.69) is 28.4 Å². The molecule has 0 saturated heterocycles. The minimum Gasteiger partial charge on any atom is -0.460 e. The first-order valence-corrected chi connectivity index (χ1v) is 14.9. The van der Waals surface area contributed by atoms with E-state index in [4.69, 9.17) is 0 Å². The molecule has 0 aromatic heterocycles. The number of alkyl halides is 19. The van der Waals surface area contributed by atoms with Gasteiger partial charge in [0, 0.05) is 0 Å². The van der Waals surface area contributed by atoms with Crippen LogP contribution < -0.4 is 0 Å². The summed E-state index contributed by atoms with van der Waals surface area (Å²) in [5, 5.41) is 10.4. The fourth-order valence-corrected chi connectivity index (χ4v) is 3.62. The van der Waals surface area contributed by atoms with Gasteiger partial charge in [-0.25, -0.2) is 13.6 Å². The SMILES string of the molecule is CC(COCC(F)(F)C(F)(F)C(F)(F)F)OC(=O)CC(C(=O)OC(C)COCC(F)(F)CC(F)(F)F)C(O)C(=O)OC(C)COCC(F)(F)C(F)(F)C(F)(F)F. The molecule has 1 N–H and O–H groups in total. The Kier molecular flexibility index (Phi) is 18.5. The van der Waals surface area contributed by atoms with Crippen LogP contribution in [0.2, 0.25) is 0 Å². The highest BCUT2D eigenvalue weighted by Gasteiger charge is 2.74. The average molecular weight is 876 g/mol. The molecule has 0 radical (unpaired) electrons. The summed E-state index contributed by atoms with van der Waals surface area (Å²) in [5.74, 6) is -37.6. The lowest BCUT2D eigenvalue weighted by molar-refractivity contribution is -0.361. The van der Waals surface area contributed by atoms with Crippen LogP contribution in [-0.2, 0) is 42.8 Å². The molecular weight excluding hydrogens is 845 g/mol. The summed E-state index contributed by atoms with van der Waals surface area (Å²) in [5.41, 5.74) is 0. The molecule has 0 aromatic rings. The summed E-state index contributed by atoms with van der Waals surface area (Å²) in [4.78, 5) is 37.7. The smallest absolute Gasteiger partial charge is 0.459 e. The van der Waals surface area contributed by atoms with Crippen LogP contribution >= 0.6 is 0 Å². The van der Waals surface area contributed by atoms with Crippen molar-refractivity contribution in [3.63, 3.8) is 0 Å². The van der Waals surface area contributed by atoms with Crippen molar-refractivity contribution in [2.24, 2.45) is 5.92 Å². The summed E-state index contributed by atoms with van der Waals surface area (Å²) >= 11 is 0. The predicted molar refractivity (Wildman–Crippen MR) is 141 cm³/mol. The summed E-state index contributed by atoms with van der Waals surface area (Å²) < 4.78 is 269. The number of halogens is 19. The van der Waals surface area contributed by atoms with Crippen LogP contribution in [0, 0.1) is 5.92 Å². The first kappa shape index (κ1) is 52.9. The molecule has 0 aromatic carbocycles. The van der Waals surface area contributed by atoms with Gasteiger partial charge in [-0.05, 0) is 20.8 Å². The standard InChI is InChI=1S/C27H31F19O10/c1-12(5-52-10-21(30,31)24(37,38)26(41,42)43)54-16(47)4-15(18(49)55-13(2)6-51-9-20(28,29)8-23(34,35)36)17(48)19(50)56-14(3)7-53-11-22(32,33)25(39,40)27(44,45)46/h12-15,17,48H,4-11H2,1-3H3. The molecule has 0 saturated carbocycles. The molecule has 0 bridgehead atoms. The number of rotatable bonds is 23. The van der Waals surface area contributed by atoms with E-state index in [0.717, 1.165) is 13.8 Å². The quantitative estimate of drug-likeness (QED) is 0.0696. The highest BCUT2D eigenvalue weighted by Crippen LogP contribution is 2.47. The first-order chi connectivity index (χ1) is 24.8. The Balaban J connectivity index is 5.76. The van der Waals surface area contributed by atoms with Crippen molar-refractivity contribution >= 4 is 17.9 Å². The minimum atomic E-state index is -6.73. The lowest BCUT2D eigenvalue weighted by Gasteiger charge is -2.28. The van der Waals surface area contributed by atoms with Gasteiger partial charge < -0.3 is 33.5 Å². The third-order valence-corrected chi connectivity index (χ3v) is 6.31. The van der Waals surface area contributed by atoms with E-state index in [9.17, 15) is 103 Å². The Morgan fingerprint density at radius 2 is 0.857 bits per heavy atom. The molecule has 56 heavy (non-hydrogen) atoms. The number of aliphatic hydroxyl groups is 1. The molecule has 0 spiro atoms. The zero-order chi connectivity index (χ0) is 44.5. The van der Waals surface area contributed by atoms with Crippen molar-refractivity contribution < 1.29 is 131 Å². The van der Waals surface area contributed by atoms with Gasteiger partial charge in [-0.2, -0.15) is 74.6 Å². The Labute approximate surface area is 301 Å². The van der Waals surface area contributed by atoms with Gasteiger partial charge in [-0.3, -0.25) is 9.59 Å². The van der Waals surface area contributed by atoms with Crippen molar-refractivity contribution in [1.29, 1.82) is 0 Å². The largest absolute Gasteiger partial charge is 0.460 e. The topological polar surface area (TPSA) is 127 Å². The average Bonchev–Trinajstić information content (AvgIpc) is 2.96. The number of carbonyl (C=O) groups is 3. The minimum absolute atomic E-state index is 0.704. The van der Waals surface area contributed by atoms with Crippen molar-refractivity contribution in [2.45, 2.75) is 106 Å². The lowest BCUT2D eigenvalue weighted by Crippen LogP contribution is -2.54. The van der Waals surface area contributed by atoms with E-state index in [1.165, 1.54) is 0 Å². The van der Waals surface area contributed by atoms with Crippen LogP contribution in [0.1, 0.15) is 33.6 Å². The van der Waals surface area contributed by atoms with Crippen LogP contribution in [0.4, 0.5) is 83.4 Å². The van der Waals surface area contributed by atoms with Crippen molar-refractivity contribution in [2.75, 3.05) is 39.6 Å². The van der Waals surface area contributed by atoms with Crippen LogP contribution in [0.5, 0.6) is 0 Å². The van der Waals surface area contributed by atoms with E-state index in [1.54, 1.807) is 0 Å². The van der Waals surface area contributed by atoms with Crippen LogP contribution in [0.15, 0.2) is 0 Å². The normalized spacial score (nSPS) is 16.8. The fourth-order valence-electron chi connectivity index (χ4n) is 3.62. The summed E-state index contributed by atoms with van der Waals surface area (Å²) in [6.07, 6.45) is -31.4. The molecule has 0 amide bonds. The molecule has 0 rings (SSSR count). The monoisotopic (exact) mass is 876 g/mol. The molecule has 29 heteroatoms. The second-order valence-electron chi connectivity index (χ2n) is 11.8. The van der Waals surface area contributed by atoms with E-state index < -0.39 is 149 Å². The summed E-state index contributed by atoms with van der Waals surface area (Å²) in [6.45, 7) is -8.66. The van der Waals surface area contributed by atoms with E-state index in [0.29, 0.717) is 6.92 Å². The maximum atomic E-state index is 13.4. The second kappa shape index (κ2) is 19.6. The van der Waals surface area contributed by atoms with E-state index in [-0.39, 0.29) is 0 Å². The van der Waals surface area contributed by atoms with Crippen molar-refractivity contribution in [3.8, 4) is 0 Å². The Morgan fingerprint density at radius 3 is 1.21 bits per heavy atom. The molecule has 5 atom stereocenters. The third kappa shape index (κ3) is 16.4. The molecule has 332 valence electrons. The van der Waals surface area contributed by atoms with Gasteiger partial charge in [0.05, 0.1) is 26.2 Å². The molecule has 0 aliphatic carbocycles. The molecule has 5 unspecified atom stereocenters. The fraction of sp³-hybridized carbons (Fsp3) is 0.889. The molecule has 0 aliphatic heterocycles. The Hall–Kier alpha value is -3.08. The lowest BCUT2D eigenvalue weighted by atomic mass is 9.98. The zero-order valence-corrected chi connectivity index (χ0v) is 28.3. The first-order valence-electron chi connectivity index (χ1n) is 14.9. The third-order valence-electron chi connectivity index (χ3n) is 6.31. The Bertz CT molecular complexity index is 1270. The second-order valence-corrected chi connectivity index (χ2v) is 11.8. The maximum absolute atomic E-state index is 13.4. The van der Waals surface area contributed by atoms with Gasteiger partial charge in [0.2, 0.25) is 0 Å². The van der Waals surface area contributed by atoms with Gasteiger partial charge in [0.1, 0.15) is 50.5 Å². The number of carbonyl (C=O) groups excluding carboxylic acids is 3. The van der Waals surface area contributed by atoms with Gasteiger partial charge in [0.15, 0.2) is 6.10 Å². The Morgan fingerprint density at radius 1 is 0.518 bits per heavy atom. The maximum Gasteiger partial charge on any atom is 0.459 e. The van der Waals surface area contributed by atoms with Gasteiger partial charge >= 0.3 is 60.1 Å².